The van der Waals surface area contributed by atoms with Crippen LogP contribution >= 0.6 is 11.8 Å². The maximum atomic E-state index is 11.3. The predicted octanol–water partition coefficient (Wildman–Crippen LogP) is 3.28. The van der Waals surface area contributed by atoms with E-state index in [2.05, 4.69) is 0 Å². The van der Waals surface area contributed by atoms with Crippen LogP contribution < -0.4 is 0 Å². The monoisotopic (exact) mass is 200 g/mol. The molecule has 0 saturated heterocycles. The SMILES string of the molecule is CSCC(=O)CCC1CCCCC1. The van der Waals surface area contributed by atoms with Crippen LogP contribution in [0.1, 0.15) is 44.9 Å². The number of carbonyl (C=O) groups is 1. The van der Waals surface area contributed by atoms with Crippen molar-refractivity contribution in [3.05, 3.63) is 0 Å². The fourth-order valence-electron chi connectivity index (χ4n) is 2.07. The molecule has 1 nitrogen and oxygen atoms in total. The lowest BCUT2D eigenvalue weighted by Gasteiger charge is -2.20. The molecule has 0 bridgehead atoms. The summed E-state index contributed by atoms with van der Waals surface area (Å²) in [6.07, 6.45) is 10.9. The van der Waals surface area contributed by atoms with Gasteiger partial charge in [0.25, 0.3) is 0 Å². The molecular formula is C11H20OS. The molecule has 1 rings (SSSR count). The Morgan fingerprint density at radius 1 is 1.31 bits per heavy atom. The maximum Gasteiger partial charge on any atom is 0.142 e. The average Bonchev–Trinajstić information content (AvgIpc) is 2.17. The van der Waals surface area contributed by atoms with Crippen molar-refractivity contribution in [1.29, 1.82) is 0 Å². The Bertz CT molecular complexity index is 150. The highest BCUT2D eigenvalue weighted by Gasteiger charge is 2.14. The number of rotatable bonds is 5. The summed E-state index contributed by atoms with van der Waals surface area (Å²) >= 11 is 1.65. The van der Waals surface area contributed by atoms with E-state index in [0.717, 1.165) is 18.8 Å². The highest BCUT2D eigenvalue weighted by Crippen LogP contribution is 2.27. The van der Waals surface area contributed by atoms with Crippen LogP contribution in [-0.4, -0.2) is 17.8 Å². The molecule has 2 heteroatoms. The topological polar surface area (TPSA) is 17.1 Å². The smallest absolute Gasteiger partial charge is 0.142 e. The molecule has 1 aliphatic rings. The van der Waals surface area contributed by atoms with Crippen LogP contribution in [0.25, 0.3) is 0 Å². The van der Waals surface area contributed by atoms with Crippen molar-refractivity contribution in [2.75, 3.05) is 12.0 Å². The van der Waals surface area contributed by atoms with Crippen molar-refractivity contribution in [3.63, 3.8) is 0 Å². The van der Waals surface area contributed by atoms with Crippen LogP contribution in [-0.2, 0) is 4.79 Å². The third kappa shape index (κ3) is 4.70. The third-order valence-electron chi connectivity index (χ3n) is 2.86. The molecule has 0 N–H and O–H groups in total. The van der Waals surface area contributed by atoms with Gasteiger partial charge in [0, 0.05) is 6.42 Å². The van der Waals surface area contributed by atoms with E-state index in [9.17, 15) is 4.79 Å². The van der Waals surface area contributed by atoms with Gasteiger partial charge in [-0.3, -0.25) is 4.79 Å². The van der Waals surface area contributed by atoms with E-state index in [0.29, 0.717) is 11.5 Å². The van der Waals surface area contributed by atoms with E-state index in [1.807, 2.05) is 6.26 Å². The zero-order chi connectivity index (χ0) is 9.52. The Kier molecular flexibility index (Phi) is 5.52. The Labute approximate surface area is 85.7 Å². The van der Waals surface area contributed by atoms with Crippen LogP contribution in [0, 0.1) is 5.92 Å². The molecule has 0 unspecified atom stereocenters. The summed E-state index contributed by atoms with van der Waals surface area (Å²) in [5, 5.41) is 0. The van der Waals surface area contributed by atoms with E-state index in [1.54, 1.807) is 11.8 Å². The maximum absolute atomic E-state index is 11.3. The van der Waals surface area contributed by atoms with Crippen molar-refractivity contribution in [1.82, 2.24) is 0 Å². The van der Waals surface area contributed by atoms with Gasteiger partial charge in [-0.05, 0) is 18.6 Å². The number of Topliss-reactive ketones (excluding diaryl/α,β-unsaturated/α-hetero) is 1. The first-order valence-corrected chi connectivity index (χ1v) is 6.73. The predicted molar refractivity (Wildman–Crippen MR) is 59.2 cm³/mol. The molecule has 76 valence electrons. The first-order chi connectivity index (χ1) is 6.33. The average molecular weight is 200 g/mol. The molecule has 0 aromatic heterocycles. The third-order valence-corrected chi connectivity index (χ3v) is 3.47. The van der Waals surface area contributed by atoms with Gasteiger partial charge in [-0.15, -0.1) is 0 Å². The Balaban J connectivity index is 2.06. The summed E-state index contributed by atoms with van der Waals surface area (Å²) in [5.74, 6) is 2.02. The number of ketones is 1. The largest absolute Gasteiger partial charge is 0.299 e. The lowest BCUT2D eigenvalue weighted by Crippen LogP contribution is -2.09. The molecule has 1 fully saturated rings. The van der Waals surface area contributed by atoms with Crippen molar-refractivity contribution in [2.45, 2.75) is 44.9 Å². The summed E-state index contributed by atoms with van der Waals surface area (Å²) in [7, 11) is 0. The van der Waals surface area contributed by atoms with E-state index in [1.165, 1.54) is 32.1 Å². The zero-order valence-electron chi connectivity index (χ0n) is 8.55. The van der Waals surface area contributed by atoms with Gasteiger partial charge in [0.1, 0.15) is 5.78 Å². The van der Waals surface area contributed by atoms with Crippen LogP contribution in [0.3, 0.4) is 0 Å². The lowest BCUT2D eigenvalue weighted by atomic mass is 9.86. The zero-order valence-corrected chi connectivity index (χ0v) is 9.37. The van der Waals surface area contributed by atoms with E-state index in [-0.39, 0.29) is 0 Å². The number of hydrogen-bond acceptors (Lipinski definition) is 2. The standard InChI is InChI=1S/C11H20OS/c1-13-9-11(12)8-7-10-5-3-2-4-6-10/h10H,2-9H2,1H3. The molecule has 0 aromatic rings. The van der Waals surface area contributed by atoms with Crippen molar-refractivity contribution < 1.29 is 4.79 Å². The summed E-state index contributed by atoms with van der Waals surface area (Å²) in [4.78, 5) is 11.3. The summed E-state index contributed by atoms with van der Waals surface area (Å²) in [6, 6.07) is 0. The molecule has 0 amide bonds. The second kappa shape index (κ2) is 6.47. The molecule has 0 radical (unpaired) electrons. The van der Waals surface area contributed by atoms with Gasteiger partial charge >= 0.3 is 0 Å². The molecule has 0 aromatic carbocycles. The second-order valence-corrected chi connectivity index (χ2v) is 4.88. The number of hydrogen-bond donors (Lipinski definition) is 0. The van der Waals surface area contributed by atoms with Crippen LogP contribution in [0.4, 0.5) is 0 Å². The minimum atomic E-state index is 0.443. The summed E-state index contributed by atoms with van der Waals surface area (Å²) in [6.45, 7) is 0. The summed E-state index contributed by atoms with van der Waals surface area (Å²) in [5.41, 5.74) is 0. The van der Waals surface area contributed by atoms with Crippen LogP contribution in [0.15, 0.2) is 0 Å². The Morgan fingerprint density at radius 2 is 2.00 bits per heavy atom. The van der Waals surface area contributed by atoms with Crippen molar-refractivity contribution in [3.8, 4) is 0 Å². The number of carbonyl (C=O) groups excluding carboxylic acids is 1. The molecular weight excluding hydrogens is 180 g/mol. The first-order valence-electron chi connectivity index (χ1n) is 5.33. The minimum absolute atomic E-state index is 0.443. The van der Waals surface area contributed by atoms with Crippen molar-refractivity contribution >= 4 is 17.5 Å². The summed E-state index contributed by atoms with van der Waals surface area (Å²) < 4.78 is 0. The fraction of sp³-hybridized carbons (Fsp3) is 0.909. The fourth-order valence-corrected chi connectivity index (χ4v) is 2.54. The molecule has 0 atom stereocenters. The van der Waals surface area contributed by atoms with Gasteiger partial charge in [-0.25, -0.2) is 0 Å². The second-order valence-electron chi connectivity index (χ2n) is 4.01. The molecule has 0 aliphatic heterocycles. The van der Waals surface area contributed by atoms with Crippen molar-refractivity contribution in [2.24, 2.45) is 5.92 Å². The normalized spacial score (nSPS) is 18.8. The Morgan fingerprint density at radius 3 is 2.62 bits per heavy atom. The molecule has 1 saturated carbocycles. The first kappa shape index (κ1) is 11.1. The van der Waals surface area contributed by atoms with Gasteiger partial charge < -0.3 is 0 Å². The lowest BCUT2D eigenvalue weighted by molar-refractivity contribution is -0.116. The molecule has 0 heterocycles. The van der Waals surface area contributed by atoms with E-state index < -0.39 is 0 Å². The van der Waals surface area contributed by atoms with Gasteiger partial charge in [0.2, 0.25) is 0 Å². The van der Waals surface area contributed by atoms with E-state index >= 15 is 0 Å². The minimum Gasteiger partial charge on any atom is -0.299 e. The van der Waals surface area contributed by atoms with Crippen LogP contribution in [0.5, 0.6) is 0 Å². The van der Waals surface area contributed by atoms with Crippen LogP contribution in [0.2, 0.25) is 0 Å². The molecule has 1 aliphatic carbocycles. The van der Waals surface area contributed by atoms with E-state index in [4.69, 9.17) is 0 Å². The van der Waals surface area contributed by atoms with Gasteiger partial charge in [0.15, 0.2) is 0 Å². The molecule has 13 heavy (non-hydrogen) atoms. The highest BCUT2D eigenvalue weighted by molar-refractivity contribution is 7.99. The van der Waals surface area contributed by atoms with Gasteiger partial charge in [0.05, 0.1) is 5.75 Å². The number of thioether (sulfide) groups is 1. The van der Waals surface area contributed by atoms with Gasteiger partial charge in [-0.2, -0.15) is 11.8 Å². The van der Waals surface area contributed by atoms with Gasteiger partial charge in [-0.1, -0.05) is 32.1 Å². The quantitative estimate of drug-likeness (QED) is 0.677. The Hall–Kier alpha value is 0.0200. The highest BCUT2D eigenvalue weighted by atomic mass is 32.2. The molecule has 0 spiro atoms.